The summed E-state index contributed by atoms with van der Waals surface area (Å²) in [6.07, 6.45) is -1.90. The molecule has 0 bridgehead atoms. The lowest BCUT2D eigenvalue weighted by molar-refractivity contribution is -0.162. The maximum atomic E-state index is 12.9. The van der Waals surface area contributed by atoms with Gasteiger partial charge in [0.25, 0.3) is 5.56 Å². The smallest absolute Gasteiger partial charge is 0.406 e. The Morgan fingerprint density at radius 1 is 1.22 bits per heavy atom. The van der Waals surface area contributed by atoms with Gasteiger partial charge in [0, 0.05) is 19.0 Å². The van der Waals surface area contributed by atoms with Crippen molar-refractivity contribution in [2.75, 3.05) is 20.8 Å². The predicted octanol–water partition coefficient (Wildman–Crippen LogP) is 3.38. The van der Waals surface area contributed by atoms with Gasteiger partial charge in [0.15, 0.2) is 11.5 Å². The summed E-state index contributed by atoms with van der Waals surface area (Å²) in [4.78, 5) is 30.1. The number of hydrogen-bond donors (Lipinski definition) is 0. The molecular formula is C21H22F3N3O5. The van der Waals surface area contributed by atoms with Crippen LogP contribution in [0.4, 0.5) is 13.2 Å². The van der Waals surface area contributed by atoms with Gasteiger partial charge in [-0.2, -0.15) is 13.2 Å². The average Bonchev–Trinajstić information content (AvgIpc) is 3.26. The zero-order valence-corrected chi connectivity index (χ0v) is 17.5. The molecule has 3 rings (SSSR count). The topological polar surface area (TPSA) is 86.8 Å². The van der Waals surface area contributed by atoms with Crippen molar-refractivity contribution in [1.82, 2.24) is 14.5 Å². The minimum atomic E-state index is -4.54. The minimum Gasteiger partial charge on any atom is -0.493 e. The molecule has 2 aromatic heterocycles. The van der Waals surface area contributed by atoms with E-state index in [2.05, 4.69) is 4.98 Å². The van der Waals surface area contributed by atoms with Gasteiger partial charge in [0.05, 0.1) is 44.3 Å². The SMILES string of the molecule is COc1cc2ncn(CCCC(=O)N(Cc3ccco3)CC(F)(F)F)c(=O)c2cc1OC. The van der Waals surface area contributed by atoms with Gasteiger partial charge in [-0.15, -0.1) is 0 Å². The van der Waals surface area contributed by atoms with Crippen molar-refractivity contribution < 1.29 is 31.9 Å². The number of nitrogens with zero attached hydrogens (tertiary/aromatic N) is 3. The molecule has 1 amide bonds. The Balaban J connectivity index is 1.70. The molecule has 0 aliphatic carbocycles. The van der Waals surface area contributed by atoms with E-state index in [1.54, 1.807) is 6.07 Å². The average molecular weight is 453 g/mol. The third-order valence-electron chi connectivity index (χ3n) is 4.77. The summed E-state index contributed by atoms with van der Waals surface area (Å²) in [6.45, 7) is -1.56. The summed E-state index contributed by atoms with van der Waals surface area (Å²) in [5.74, 6) is 0.359. The molecule has 0 unspecified atom stereocenters. The molecule has 0 saturated heterocycles. The number of methoxy groups -OCH3 is 2. The fourth-order valence-corrected chi connectivity index (χ4v) is 3.24. The van der Waals surface area contributed by atoms with Crippen molar-refractivity contribution in [1.29, 1.82) is 0 Å². The van der Waals surface area contributed by atoms with Gasteiger partial charge in [-0.1, -0.05) is 0 Å². The summed E-state index contributed by atoms with van der Waals surface area (Å²) < 4.78 is 55.5. The molecule has 1 aromatic carbocycles. The largest absolute Gasteiger partial charge is 0.493 e. The van der Waals surface area contributed by atoms with Crippen LogP contribution in [0.1, 0.15) is 18.6 Å². The Bertz CT molecular complexity index is 1130. The van der Waals surface area contributed by atoms with E-state index in [9.17, 15) is 22.8 Å². The second-order valence-corrected chi connectivity index (χ2v) is 7.02. The number of aryl methyl sites for hydroxylation is 1. The maximum absolute atomic E-state index is 12.9. The first kappa shape index (κ1) is 23.2. The zero-order valence-electron chi connectivity index (χ0n) is 17.5. The molecule has 0 aliphatic rings. The molecule has 8 nitrogen and oxygen atoms in total. The Kier molecular flexibility index (Phi) is 7.06. The van der Waals surface area contributed by atoms with E-state index < -0.39 is 18.6 Å². The first-order chi connectivity index (χ1) is 15.2. The van der Waals surface area contributed by atoms with Crippen LogP contribution in [0.3, 0.4) is 0 Å². The third-order valence-corrected chi connectivity index (χ3v) is 4.77. The van der Waals surface area contributed by atoms with Crippen LogP contribution in [0.15, 0.2) is 46.1 Å². The molecule has 32 heavy (non-hydrogen) atoms. The molecule has 172 valence electrons. The summed E-state index contributed by atoms with van der Waals surface area (Å²) in [5.41, 5.74) is 0.0564. The molecule has 0 N–H and O–H groups in total. The molecule has 0 fully saturated rings. The van der Waals surface area contributed by atoms with Gasteiger partial charge in [-0.25, -0.2) is 4.98 Å². The number of aromatic nitrogens is 2. The lowest BCUT2D eigenvalue weighted by Gasteiger charge is -2.23. The van der Waals surface area contributed by atoms with Crippen LogP contribution in [0, 0.1) is 0 Å². The molecule has 0 radical (unpaired) electrons. The Morgan fingerprint density at radius 2 is 1.94 bits per heavy atom. The number of benzene rings is 1. The molecule has 0 spiro atoms. The molecule has 11 heteroatoms. The van der Waals surface area contributed by atoms with Crippen LogP contribution >= 0.6 is 0 Å². The van der Waals surface area contributed by atoms with Gasteiger partial charge >= 0.3 is 6.18 Å². The predicted molar refractivity (Wildman–Crippen MR) is 109 cm³/mol. The monoisotopic (exact) mass is 453 g/mol. The van der Waals surface area contributed by atoms with Crippen LogP contribution in [0.25, 0.3) is 10.9 Å². The quantitative estimate of drug-likeness (QED) is 0.494. The van der Waals surface area contributed by atoms with Gasteiger partial charge in [-0.3, -0.25) is 14.2 Å². The maximum Gasteiger partial charge on any atom is 0.406 e. The molecule has 3 aromatic rings. The van der Waals surface area contributed by atoms with Crippen molar-refractivity contribution in [2.24, 2.45) is 0 Å². The highest BCUT2D eigenvalue weighted by Gasteiger charge is 2.33. The highest BCUT2D eigenvalue weighted by Crippen LogP contribution is 2.29. The van der Waals surface area contributed by atoms with Crippen LogP contribution in [-0.2, 0) is 17.9 Å². The van der Waals surface area contributed by atoms with Gasteiger partial charge < -0.3 is 18.8 Å². The van der Waals surface area contributed by atoms with Crippen LogP contribution in [0.2, 0.25) is 0 Å². The summed E-state index contributed by atoms with van der Waals surface area (Å²) in [6, 6.07) is 6.13. The lowest BCUT2D eigenvalue weighted by atomic mass is 10.2. The normalized spacial score (nSPS) is 11.5. The standard InChI is InChI=1S/C21H22F3N3O5/c1-30-17-9-15-16(10-18(17)31-2)25-13-26(20(15)29)7-3-6-19(28)27(12-21(22,23)24)11-14-5-4-8-32-14/h4-5,8-10,13H,3,6-7,11-12H2,1-2H3. The summed E-state index contributed by atoms with van der Waals surface area (Å²) >= 11 is 0. The number of fused-ring (bicyclic) bond motifs is 1. The Morgan fingerprint density at radius 3 is 2.56 bits per heavy atom. The number of ether oxygens (including phenoxy) is 2. The number of carbonyl (C=O) groups is 1. The van der Waals surface area contributed by atoms with E-state index in [4.69, 9.17) is 13.9 Å². The third kappa shape index (κ3) is 5.59. The van der Waals surface area contributed by atoms with E-state index in [1.807, 2.05) is 0 Å². The van der Waals surface area contributed by atoms with Crippen LogP contribution in [0.5, 0.6) is 11.5 Å². The van der Waals surface area contributed by atoms with E-state index >= 15 is 0 Å². The summed E-state index contributed by atoms with van der Waals surface area (Å²) in [7, 11) is 2.91. The highest BCUT2D eigenvalue weighted by atomic mass is 19.4. The number of halogens is 3. The zero-order chi connectivity index (χ0) is 23.3. The highest BCUT2D eigenvalue weighted by molar-refractivity contribution is 5.81. The fourth-order valence-electron chi connectivity index (χ4n) is 3.24. The van der Waals surface area contributed by atoms with Gasteiger partial charge in [0.1, 0.15) is 12.3 Å². The molecule has 0 aliphatic heterocycles. The summed E-state index contributed by atoms with van der Waals surface area (Å²) in [5, 5.41) is 0.299. The van der Waals surface area contributed by atoms with E-state index in [0.29, 0.717) is 27.3 Å². The number of alkyl halides is 3. The van der Waals surface area contributed by atoms with E-state index in [0.717, 1.165) is 0 Å². The molecule has 2 heterocycles. The van der Waals surface area contributed by atoms with Gasteiger partial charge in [-0.05, 0) is 24.6 Å². The van der Waals surface area contributed by atoms with Crippen molar-refractivity contribution in [2.45, 2.75) is 32.1 Å². The second-order valence-electron chi connectivity index (χ2n) is 7.02. The molecular weight excluding hydrogens is 431 g/mol. The molecule has 0 atom stereocenters. The van der Waals surface area contributed by atoms with E-state index in [-0.39, 0.29) is 37.3 Å². The number of furan rings is 1. The number of amides is 1. The number of hydrogen-bond acceptors (Lipinski definition) is 6. The van der Waals surface area contributed by atoms with Crippen molar-refractivity contribution in [3.8, 4) is 11.5 Å². The number of carbonyl (C=O) groups excluding carboxylic acids is 1. The van der Waals surface area contributed by atoms with Crippen molar-refractivity contribution >= 4 is 16.8 Å². The molecule has 0 saturated carbocycles. The van der Waals surface area contributed by atoms with Crippen LogP contribution in [-0.4, -0.2) is 47.3 Å². The van der Waals surface area contributed by atoms with Gasteiger partial charge in [0.2, 0.25) is 5.91 Å². The Hall–Kier alpha value is -3.50. The first-order valence-corrected chi connectivity index (χ1v) is 9.70. The Labute approximate surface area is 181 Å². The fraction of sp³-hybridized carbons (Fsp3) is 0.381. The number of rotatable bonds is 9. The van der Waals surface area contributed by atoms with E-state index in [1.165, 1.54) is 49.6 Å². The van der Waals surface area contributed by atoms with Crippen molar-refractivity contribution in [3.05, 3.63) is 53.0 Å². The first-order valence-electron chi connectivity index (χ1n) is 9.70. The van der Waals surface area contributed by atoms with Crippen molar-refractivity contribution in [3.63, 3.8) is 0 Å². The lowest BCUT2D eigenvalue weighted by Crippen LogP contribution is -2.38. The minimum absolute atomic E-state index is 0.114. The van der Waals surface area contributed by atoms with Crippen LogP contribution < -0.4 is 15.0 Å². The second kappa shape index (κ2) is 9.75.